The highest BCUT2D eigenvalue weighted by molar-refractivity contribution is 5.61. The molecule has 5 heteroatoms. The van der Waals surface area contributed by atoms with Crippen LogP contribution in [-0.4, -0.2) is 23.0 Å². The summed E-state index contributed by atoms with van der Waals surface area (Å²) >= 11 is 0. The third-order valence-corrected chi connectivity index (χ3v) is 3.81. The fraction of sp³-hybridized carbons (Fsp3) is 0.375. The maximum absolute atomic E-state index is 13.0. The minimum absolute atomic E-state index is 0.148. The van der Waals surface area contributed by atoms with Gasteiger partial charge in [0.25, 0.3) is 0 Å². The molecule has 0 saturated carbocycles. The Bertz CT molecular complexity index is 661. The molecule has 0 aliphatic carbocycles. The van der Waals surface area contributed by atoms with Crippen LogP contribution in [0.4, 0.5) is 4.39 Å². The van der Waals surface area contributed by atoms with Crippen LogP contribution in [0.25, 0.3) is 11.1 Å². The summed E-state index contributed by atoms with van der Waals surface area (Å²) in [5.74, 6) is 0.213. The standard InChI is InChI=1S/C16H17FN2O2/c17-14-3-1-13(2-4-14)15-11-19(18-9-16(15)20)10-12-5-7-21-8-6-12/h1-4,9,11-12H,5-8,10H2. The summed E-state index contributed by atoms with van der Waals surface area (Å²) in [5.41, 5.74) is 1.12. The van der Waals surface area contributed by atoms with Crippen molar-refractivity contribution >= 4 is 0 Å². The smallest absolute Gasteiger partial charge is 0.207 e. The first-order valence-electron chi connectivity index (χ1n) is 7.13. The van der Waals surface area contributed by atoms with Gasteiger partial charge in [0.15, 0.2) is 0 Å². The Morgan fingerprint density at radius 2 is 1.95 bits per heavy atom. The average Bonchev–Trinajstić information content (AvgIpc) is 2.51. The van der Waals surface area contributed by atoms with Crippen molar-refractivity contribution < 1.29 is 9.13 Å². The molecule has 2 heterocycles. The molecule has 1 fully saturated rings. The van der Waals surface area contributed by atoms with E-state index in [-0.39, 0.29) is 11.2 Å². The molecule has 1 aliphatic heterocycles. The van der Waals surface area contributed by atoms with Crippen LogP contribution in [0, 0.1) is 11.7 Å². The molecule has 110 valence electrons. The predicted octanol–water partition coefficient (Wildman–Crippen LogP) is 2.48. The maximum Gasteiger partial charge on any atom is 0.207 e. The summed E-state index contributed by atoms with van der Waals surface area (Å²) in [5, 5.41) is 4.17. The number of benzene rings is 1. The van der Waals surface area contributed by atoms with Gasteiger partial charge in [-0.05, 0) is 36.5 Å². The summed E-state index contributed by atoms with van der Waals surface area (Å²) in [7, 11) is 0. The van der Waals surface area contributed by atoms with E-state index < -0.39 is 0 Å². The number of rotatable bonds is 3. The SMILES string of the molecule is O=c1cnn(CC2CCOCC2)cc1-c1ccc(F)cc1. The minimum Gasteiger partial charge on any atom is -0.381 e. The van der Waals surface area contributed by atoms with Gasteiger partial charge in [-0.25, -0.2) is 4.39 Å². The summed E-state index contributed by atoms with van der Waals surface area (Å²) in [4.78, 5) is 12.0. The van der Waals surface area contributed by atoms with Gasteiger partial charge < -0.3 is 4.74 Å². The second kappa shape index (κ2) is 6.18. The molecule has 21 heavy (non-hydrogen) atoms. The first kappa shape index (κ1) is 13.9. The van der Waals surface area contributed by atoms with Crippen molar-refractivity contribution in [3.63, 3.8) is 0 Å². The molecule has 1 aromatic heterocycles. The van der Waals surface area contributed by atoms with Gasteiger partial charge in [0, 0.05) is 31.5 Å². The number of hydrogen-bond donors (Lipinski definition) is 0. The van der Waals surface area contributed by atoms with Gasteiger partial charge in [-0.2, -0.15) is 5.10 Å². The van der Waals surface area contributed by atoms with E-state index in [2.05, 4.69) is 5.10 Å². The maximum atomic E-state index is 13.0. The highest BCUT2D eigenvalue weighted by Gasteiger charge is 2.15. The lowest BCUT2D eigenvalue weighted by Crippen LogP contribution is -2.22. The van der Waals surface area contributed by atoms with Gasteiger partial charge in [-0.15, -0.1) is 0 Å². The van der Waals surface area contributed by atoms with Crippen LogP contribution in [0.15, 0.2) is 41.5 Å². The normalized spacial score (nSPS) is 16.0. The molecule has 0 bridgehead atoms. The molecular weight excluding hydrogens is 271 g/mol. The van der Waals surface area contributed by atoms with E-state index >= 15 is 0 Å². The van der Waals surface area contributed by atoms with Gasteiger partial charge in [-0.1, -0.05) is 12.1 Å². The van der Waals surface area contributed by atoms with Crippen molar-refractivity contribution in [2.75, 3.05) is 13.2 Å². The third kappa shape index (κ3) is 3.36. The van der Waals surface area contributed by atoms with Crippen molar-refractivity contribution in [1.29, 1.82) is 0 Å². The van der Waals surface area contributed by atoms with E-state index in [1.807, 2.05) is 0 Å². The van der Waals surface area contributed by atoms with Crippen LogP contribution in [0.5, 0.6) is 0 Å². The van der Waals surface area contributed by atoms with E-state index in [4.69, 9.17) is 4.74 Å². The number of aromatic nitrogens is 2. The lowest BCUT2D eigenvalue weighted by Gasteiger charge is -2.22. The molecule has 0 N–H and O–H groups in total. The first-order valence-corrected chi connectivity index (χ1v) is 7.13. The Hall–Kier alpha value is -2.01. The second-order valence-electron chi connectivity index (χ2n) is 5.34. The molecule has 2 aromatic rings. The van der Waals surface area contributed by atoms with E-state index in [1.165, 1.54) is 18.3 Å². The lowest BCUT2D eigenvalue weighted by molar-refractivity contribution is 0.0600. The second-order valence-corrected chi connectivity index (χ2v) is 5.34. The fourth-order valence-corrected chi connectivity index (χ4v) is 2.58. The number of ether oxygens (including phenoxy) is 1. The molecule has 1 aromatic carbocycles. The largest absolute Gasteiger partial charge is 0.381 e. The van der Waals surface area contributed by atoms with Crippen molar-refractivity contribution in [2.45, 2.75) is 19.4 Å². The zero-order valence-electron chi connectivity index (χ0n) is 11.7. The molecule has 0 spiro atoms. The average molecular weight is 288 g/mol. The fourth-order valence-electron chi connectivity index (χ4n) is 2.58. The molecule has 0 atom stereocenters. The molecule has 4 nitrogen and oxygen atoms in total. The highest BCUT2D eigenvalue weighted by atomic mass is 19.1. The van der Waals surface area contributed by atoms with Crippen LogP contribution < -0.4 is 5.43 Å². The molecular formula is C16H17FN2O2. The van der Waals surface area contributed by atoms with Crippen molar-refractivity contribution in [2.24, 2.45) is 5.92 Å². The molecule has 0 unspecified atom stereocenters. The first-order chi connectivity index (χ1) is 10.2. The van der Waals surface area contributed by atoms with E-state index in [0.717, 1.165) is 32.6 Å². The monoisotopic (exact) mass is 288 g/mol. The van der Waals surface area contributed by atoms with Gasteiger partial charge in [0.05, 0.1) is 6.20 Å². The van der Waals surface area contributed by atoms with E-state index in [1.54, 1.807) is 23.0 Å². The Balaban J connectivity index is 1.85. The topological polar surface area (TPSA) is 44.1 Å². The molecule has 1 saturated heterocycles. The predicted molar refractivity (Wildman–Crippen MR) is 77.4 cm³/mol. The summed E-state index contributed by atoms with van der Waals surface area (Å²) < 4.78 is 20.1. The zero-order chi connectivity index (χ0) is 14.7. The quantitative estimate of drug-likeness (QED) is 0.871. The van der Waals surface area contributed by atoms with E-state index in [0.29, 0.717) is 17.0 Å². The molecule has 3 rings (SSSR count). The number of halogens is 1. The van der Waals surface area contributed by atoms with Crippen molar-refractivity contribution in [3.05, 3.63) is 52.7 Å². The Morgan fingerprint density at radius 1 is 1.24 bits per heavy atom. The third-order valence-electron chi connectivity index (χ3n) is 3.81. The summed E-state index contributed by atoms with van der Waals surface area (Å²) in [6.45, 7) is 2.35. The molecule has 0 radical (unpaired) electrons. The Labute approximate surface area is 122 Å². The van der Waals surface area contributed by atoms with Crippen molar-refractivity contribution in [3.8, 4) is 11.1 Å². The summed E-state index contributed by atoms with van der Waals surface area (Å²) in [6.07, 6.45) is 5.11. The van der Waals surface area contributed by atoms with Gasteiger partial charge in [0.2, 0.25) is 5.43 Å². The van der Waals surface area contributed by atoms with Crippen LogP contribution >= 0.6 is 0 Å². The molecule has 1 aliphatic rings. The van der Waals surface area contributed by atoms with Gasteiger partial charge >= 0.3 is 0 Å². The van der Waals surface area contributed by atoms with E-state index in [9.17, 15) is 9.18 Å². The van der Waals surface area contributed by atoms with Crippen LogP contribution in [0.2, 0.25) is 0 Å². The highest BCUT2D eigenvalue weighted by Crippen LogP contribution is 2.18. The van der Waals surface area contributed by atoms with Crippen LogP contribution in [0.1, 0.15) is 12.8 Å². The number of nitrogens with zero attached hydrogens (tertiary/aromatic N) is 2. The van der Waals surface area contributed by atoms with Crippen LogP contribution in [0.3, 0.4) is 0 Å². The Morgan fingerprint density at radius 3 is 2.67 bits per heavy atom. The van der Waals surface area contributed by atoms with Crippen LogP contribution in [-0.2, 0) is 11.3 Å². The van der Waals surface area contributed by atoms with Crippen molar-refractivity contribution in [1.82, 2.24) is 9.78 Å². The Kier molecular flexibility index (Phi) is 4.10. The minimum atomic E-state index is -0.310. The summed E-state index contributed by atoms with van der Waals surface area (Å²) in [6, 6.07) is 5.95. The van der Waals surface area contributed by atoms with Gasteiger partial charge in [-0.3, -0.25) is 9.48 Å². The zero-order valence-corrected chi connectivity index (χ0v) is 11.7. The lowest BCUT2D eigenvalue weighted by atomic mass is 10.0. The van der Waals surface area contributed by atoms with Gasteiger partial charge in [0.1, 0.15) is 5.82 Å². The molecule has 0 amide bonds. The number of hydrogen-bond acceptors (Lipinski definition) is 3.